The first-order chi connectivity index (χ1) is 5.93. The summed E-state index contributed by atoms with van der Waals surface area (Å²) < 4.78 is 4.95. The lowest BCUT2D eigenvalue weighted by molar-refractivity contribution is 0.0750. The first-order valence-corrected chi connectivity index (χ1v) is 5.56. The molecule has 0 aliphatic heterocycles. The second kappa shape index (κ2) is 5.47. The summed E-state index contributed by atoms with van der Waals surface area (Å²) in [4.78, 5) is 13.2. The number of hydrogen-bond donors (Lipinski definition) is 0. The van der Waals surface area contributed by atoms with Crippen LogP contribution in [0.2, 0.25) is 0 Å². The molecular formula is C9H18BrNO2. The summed E-state index contributed by atoms with van der Waals surface area (Å²) in [5.74, 6) is 0. The molecule has 0 aromatic carbocycles. The lowest BCUT2D eigenvalue weighted by Crippen LogP contribution is -2.46. The van der Waals surface area contributed by atoms with Crippen molar-refractivity contribution in [2.24, 2.45) is 0 Å². The standard InChI is InChI=1S/C9H18BrNO2/c1-5-13-8(12)11(7-6-10)9(2,3)4/h5-7H2,1-4H3. The van der Waals surface area contributed by atoms with Crippen molar-refractivity contribution in [3.63, 3.8) is 0 Å². The van der Waals surface area contributed by atoms with Gasteiger partial charge in [-0.1, -0.05) is 15.9 Å². The molecule has 0 aliphatic carbocycles. The van der Waals surface area contributed by atoms with Crippen LogP contribution in [0.4, 0.5) is 4.79 Å². The minimum Gasteiger partial charge on any atom is -0.450 e. The second-order valence-electron chi connectivity index (χ2n) is 3.71. The van der Waals surface area contributed by atoms with Crippen molar-refractivity contribution in [1.29, 1.82) is 0 Å². The molecule has 0 aliphatic rings. The van der Waals surface area contributed by atoms with Crippen LogP contribution < -0.4 is 0 Å². The van der Waals surface area contributed by atoms with Gasteiger partial charge in [0.15, 0.2) is 0 Å². The largest absolute Gasteiger partial charge is 0.450 e. The van der Waals surface area contributed by atoms with Crippen LogP contribution in [0.3, 0.4) is 0 Å². The lowest BCUT2D eigenvalue weighted by Gasteiger charge is -2.34. The Kier molecular flexibility index (Phi) is 5.37. The van der Waals surface area contributed by atoms with E-state index in [1.54, 1.807) is 4.90 Å². The predicted molar refractivity (Wildman–Crippen MR) is 57.3 cm³/mol. The van der Waals surface area contributed by atoms with E-state index < -0.39 is 0 Å². The minimum atomic E-state index is -0.241. The monoisotopic (exact) mass is 251 g/mol. The summed E-state index contributed by atoms with van der Waals surface area (Å²) in [7, 11) is 0. The fraction of sp³-hybridized carbons (Fsp3) is 0.889. The summed E-state index contributed by atoms with van der Waals surface area (Å²) in [5.41, 5.74) is -0.181. The quantitative estimate of drug-likeness (QED) is 0.722. The Balaban J connectivity index is 4.33. The molecule has 0 aromatic heterocycles. The molecule has 13 heavy (non-hydrogen) atoms. The van der Waals surface area contributed by atoms with E-state index in [1.165, 1.54) is 0 Å². The van der Waals surface area contributed by atoms with E-state index in [9.17, 15) is 4.79 Å². The average Bonchev–Trinajstić information content (AvgIpc) is 1.98. The van der Waals surface area contributed by atoms with Gasteiger partial charge in [-0.2, -0.15) is 0 Å². The first kappa shape index (κ1) is 12.8. The highest BCUT2D eigenvalue weighted by atomic mass is 79.9. The number of amides is 1. The van der Waals surface area contributed by atoms with Gasteiger partial charge in [0, 0.05) is 17.4 Å². The molecular weight excluding hydrogens is 234 g/mol. The van der Waals surface area contributed by atoms with Gasteiger partial charge in [-0.25, -0.2) is 4.79 Å². The number of rotatable bonds is 3. The van der Waals surface area contributed by atoms with Gasteiger partial charge in [-0.3, -0.25) is 0 Å². The van der Waals surface area contributed by atoms with Crippen molar-refractivity contribution in [1.82, 2.24) is 4.90 Å². The van der Waals surface area contributed by atoms with Crippen molar-refractivity contribution in [2.75, 3.05) is 18.5 Å². The predicted octanol–water partition coefficient (Wildman–Crippen LogP) is 2.64. The molecule has 0 saturated heterocycles. The van der Waals surface area contributed by atoms with E-state index in [0.717, 1.165) is 5.33 Å². The lowest BCUT2D eigenvalue weighted by atomic mass is 10.1. The molecule has 3 nitrogen and oxygen atoms in total. The van der Waals surface area contributed by atoms with Crippen LogP contribution in [-0.4, -0.2) is 35.0 Å². The molecule has 0 saturated carbocycles. The Morgan fingerprint density at radius 1 is 1.46 bits per heavy atom. The van der Waals surface area contributed by atoms with Gasteiger partial charge in [0.05, 0.1) is 6.61 Å². The fourth-order valence-corrected chi connectivity index (χ4v) is 1.34. The molecule has 0 radical (unpaired) electrons. The molecule has 1 amide bonds. The highest BCUT2D eigenvalue weighted by Gasteiger charge is 2.26. The molecule has 0 aromatic rings. The highest BCUT2D eigenvalue weighted by molar-refractivity contribution is 9.09. The van der Waals surface area contributed by atoms with Crippen LogP contribution in [0, 0.1) is 0 Å². The van der Waals surface area contributed by atoms with Crippen molar-refractivity contribution in [3.8, 4) is 0 Å². The first-order valence-electron chi connectivity index (χ1n) is 4.43. The van der Waals surface area contributed by atoms with Crippen molar-refractivity contribution >= 4 is 22.0 Å². The summed E-state index contributed by atoms with van der Waals surface area (Å²) in [6, 6.07) is 0. The van der Waals surface area contributed by atoms with Crippen molar-refractivity contribution in [2.45, 2.75) is 33.2 Å². The molecule has 0 bridgehead atoms. The van der Waals surface area contributed by atoms with Crippen molar-refractivity contribution in [3.05, 3.63) is 0 Å². The Hall–Kier alpha value is -0.250. The Morgan fingerprint density at radius 2 is 2.00 bits per heavy atom. The molecule has 0 rings (SSSR count). The van der Waals surface area contributed by atoms with Crippen LogP contribution in [-0.2, 0) is 4.74 Å². The van der Waals surface area contributed by atoms with E-state index in [0.29, 0.717) is 13.2 Å². The summed E-state index contributed by atoms with van der Waals surface area (Å²) >= 11 is 3.31. The van der Waals surface area contributed by atoms with E-state index in [-0.39, 0.29) is 11.6 Å². The van der Waals surface area contributed by atoms with Crippen LogP contribution in [0.1, 0.15) is 27.7 Å². The number of carbonyl (C=O) groups is 1. The topological polar surface area (TPSA) is 29.5 Å². The molecule has 78 valence electrons. The Bertz CT molecular complexity index is 165. The smallest absolute Gasteiger partial charge is 0.410 e. The van der Waals surface area contributed by atoms with Crippen LogP contribution in [0.25, 0.3) is 0 Å². The van der Waals surface area contributed by atoms with Gasteiger partial charge in [-0.05, 0) is 27.7 Å². The van der Waals surface area contributed by atoms with Crippen LogP contribution >= 0.6 is 15.9 Å². The van der Waals surface area contributed by atoms with Gasteiger partial charge < -0.3 is 9.64 Å². The summed E-state index contributed by atoms with van der Waals surface area (Å²) in [6.07, 6.45) is -0.241. The Morgan fingerprint density at radius 3 is 2.31 bits per heavy atom. The second-order valence-corrected chi connectivity index (χ2v) is 4.50. The molecule has 0 N–H and O–H groups in total. The Labute approximate surface area is 88.6 Å². The molecule has 0 fully saturated rings. The maximum Gasteiger partial charge on any atom is 0.410 e. The van der Waals surface area contributed by atoms with Crippen LogP contribution in [0.5, 0.6) is 0 Å². The zero-order valence-corrected chi connectivity index (χ0v) is 10.3. The number of nitrogens with zero attached hydrogens (tertiary/aromatic N) is 1. The molecule has 0 atom stereocenters. The third kappa shape index (κ3) is 4.50. The van der Waals surface area contributed by atoms with Crippen molar-refractivity contribution < 1.29 is 9.53 Å². The maximum atomic E-state index is 11.5. The third-order valence-corrected chi connectivity index (χ3v) is 1.96. The van der Waals surface area contributed by atoms with Gasteiger partial charge in [0.2, 0.25) is 0 Å². The average molecular weight is 252 g/mol. The van der Waals surface area contributed by atoms with Crippen LogP contribution in [0.15, 0.2) is 0 Å². The van der Waals surface area contributed by atoms with E-state index >= 15 is 0 Å². The van der Waals surface area contributed by atoms with Gasteiger partial charge in [0.1, 0.15) is 0 Å². The van der Waals surface area contributed by atoms with Gasteiger partial charge in [0.25, 0.3) is 0 Å². The van der Waals surface area contributed by atoms with E-state index in [2.05, 4.69) is 15.9 Å². The number of halogens is 1. The molecule has 0 spiro atoms. The number of hydrogen-bond acceptors (Lipinski definition) is 2. The van der Waals surface area contributed by atoms with E-state index in [4.69, 9.17) is 4.74 Å². The molecule has 0 unspecified atom stereocenters. The summed E-state index contributed by atoms with van der Waals surface area (Å²) in [6.45, 7) is 8.88. The number of ether oxygens (including phenoxy) is 1. The molecule has 0 heterocycles. The third-order valence-electron chi connectivity index (χ3n) is 1.61. The summed E-state index contributed by atoms with van der Waals surface area (Å²) in [5, 5.41) is 0.767. The van der Waals surface area contributed by atoms with E-state index in [1.807, 2.05) is 27.7 Å². The minimum absolute atomic E-state index is 0.181. The molecule has 4 heteroatoms. The SMILES string of the molecule is CCOC(=O)N(CCBr)C(C)(C)C. The fourth-order valence-electron chi connectivity index (χ4n) is 0.986. The zero-order valence-electron chi connectivity index (χ0n) is 8.76. The maximum absolute atomic E-state index is 11.5. The number of alkyl halides is 1. The van der Waals surface area contributed by atoms with Gasteiger partial charge in [-0.15, -0.1) is 0 Å². The zero-order chi connectivity index (χ0) is 10.5. The van der Waals surface area contributed by atoms with Gasteiger partial charge >= 0.3 is 6.09 Å². The normalized spacial score (nSPS) is 11.2. The highest BCUT2D eigenvalue weighted by Crippen LogP contribution is 2.14. The number of carbonyl (C=O) groups excluding carboxylic acids is 1.